The summed E-state index contributed by atoms with van der Waals surface area (Å²) in [6.07, 6.45) is 3.65. The fraction of sp³-hybridized carbons (Fsp3) is 0.333. The van der Waals surface area contributed by atoms with E-state index in [0.29, 0.717) is 35.3 Å². The number of hydrogen-bond acceptors (Lipinski definition) is 11. The van der Waals surface area contributed by atoms with E-state index in [1.165, 1.54) is 54.0 Å². The Labute approximate surface area is 205 Å². The van der Waals surface area contributed by atoms with Gasteiger partial charge in [0.15, 0.2) is 27.3 Å². The predicted molar refractivity (Wildman–Crippen MR) is 130 cm³/mol. The van der Waals surface area contributed by atoms with Crippen molar-refractivity contribution in [3.8, 4) is 0 Å². The third kappa shape index (κ3) is 7.40. The quantitative estimate of drug-likeness (QED) is 0.205. The molecule has 1 N–H and O–H groups in total. The van der Waals surface area contributed by atoms with Gasteiger partial charge < -0.3 is 14.3 Å². The number of thiazole rings is 2. The number of carbonyl (C=O) groups is 1. The minimum Gasteiger partial charge on any atom is -0.388 e. The Bertz CT molecular complexity index is 1190. The highest BCUT2D eigenvalue weighted by atomic mass is 32.2. The van der Waals surface area contributed by atoms with E-state index >= 15 is 0 Å². The van der Waals surface area contributed by atoms with Gasteiger partial charge in [0, 0.05) is 44.2 Å². The van der Waals surface area contributed by atoms with Crippen molar-refractivity contribution in [3.05, 3.63) is 57.5 Å². The molecule has 1 aromatic carbocycles. The second-order valence-corrected chi connectivity index (χ2v) is 11.1. The van der Waals surface area contributed by atoms with E-state index in [1.807, 2.05) is 5.38 Å². The Hall–Kier alpha value is -2.71. The molecule has 0 fully saturated rings. The van der Waals surface area contributed by atoms with E-state index < -0.39 is 15.7 Å². The van der Waals surface area contributed by atoms with E-state index in [2.05, 4.69) is 20.4 Å². The molecule has 2 aromatic heterocycles. The number of amides is 1. The summed E-state index contributed by atoms with van der Waals surface area (Å²) < 4.78 is 35.0. The molecule has 13 heteroatoms. The standard InChI is InChI=1S/C21H24N4O6S3/c1-29-9-3-11-34(27,28)17-6-4-15(5-7-17)19(25-31-14-18-22-8-10-32-18)20(26)24-21-23-12-16(33-21)13-30-2/h4-8,10,12H,3,9,11,13-14H2,1-2H3,(H,23,24,26)/b25-19+. The average Bonchev–Trinajstić information content (AvgIpc) is 3.49. The fourth-order valence-electron chi connectivity index (χ4n) is 2.76. The largest absolute Gasteiger partial charge is 0.388 e. The Morgan fingerprint density at radius 2 is 1.91 bits per heavy atom. The van der Waals surface area contributed by atoms with Crippen LogP contribution in [-0.4, -0.2) is 56.6 Å². The maximum absolute atomic E-state index is 13.0. The van der Waals surface area contributed by atoms with Crippen LogP contribution in [0.2, 0.25) is 0 Å². The van der Waals surface area contributed by atoms with Crippen molar-refractivity contribution in [2.24, 2.45) is 5.16 Å². The molecule has 0 unspecified atom stereocenters. The van der Waals surface area contributed by atoms with Crippen LogP contribution in [0.25, 0.3) is 0 Å². The van der Waals surface area contributed by atoms with Gasteiger partial charge in [0.2, 0.25) is 0 Å². The predicted octanol–water partition coefficient (Wildman–Crippen LogP) is 3.12. The first-order valence-corrected chi connectivity index (χ1v) is 13.4. The van der Waals surface area contributed by atoms with Crippen LogP contribution in [-0.2, 0) is 42.2 Å². The zero-order valence-electron chi connectivity index (χ0n) is 18.6. The summed E-state index contributed by atoms with van der Waals surface area (Å²) in [6, 6.07) is 5.93. The third-order valence-electron chi connectivity index (χ3n) is 4.35. The first kappa shape index (κ1) is 25.9. The Balaban J connectivity index is 1.79. The molecule has 0 bridgehead atoms. The zero-order chi connectivity index (χ0) is 24.4. The lowest BCUT2D eigenvalue weighted by Gasteiger charge is -2.08. The topological polar surface area (TPSA) is 129 Å². The number of nitrogens with zero attached hydrogens (tertiary/aromatic N) is 3. The van der Waals surface area contributed by atoms with Crippen molar-refractivity contribution in [2.45, 2.75) is 24.5 Å². The number of oxime groups is 1. The highest BCUT2D eigenvalue weighted by molar-refractivity contribution is 7.91. The van der Waals surface area contributed by atoms with Gasteiger partial charge in [0.05, 0.1) is 22.1 Å². The molecule has 3 aromatic rings. The molecule has 2 heterocycles. The van der Waals surface area contributed by atoms with Crippen molar-refractivity contribution in [2.75, 3.05) is 31.9 Å². The summed E-state index contributed by atoms with van der Waals surface area (Å²) in [7, 11) is -0.377. The summed E-state index contributed by atoms with van der Waals surface area (Å²) in [6.45, 7) is 0.828. The fourth-order valence-corrected chi connectivity index (χ4v) is 5.35. The van der Waals surface area contributed by atoms with Crippen LogP contribution in [0.3, 0.4) is 0 Å². The molecule has 0 spiro atoms. The number of rotatable bonds is 13. The molecule has 0 aliphatic carbocycles. The number of ether oxygens (including phenoxy) is 2. The summed E-state index contributed by atoms with van der Waals surface area (Å²) in [4.78, 5) is 27.6. The molecule has 0 atom stereocenters. The lowest BCUT2D eigenvalue weighted by molar-refractivity contribution is -0.110. The summed E-state index contributed by atoms with van der Waals surface area (Å²) in [5, 5.41) is 9.60. The first-order valence-electron chi connectivity index (χ1n) is 10.1. The normalized spacial score (nSPS) is 12.0. The smallest absolute Gasteiger partial charge is 0.280 e. The van der Waals surface area contributed by atoms with E-state index in [1.54, 1.807) is 19.5 Å². The van der Waals surface area contributed by atoms with E-state index in [-0.39, 0.29) is 23.0 Å². The maximum Gasteiger partial charge on any atom is 0.280 e. The summed E-state index contributed by atoms with van der Waals surface area (Å²) >= 11 is 2.67. The minimum atomic E-state index is -3.47. The number of hydrogen-bond donors (Lipinski definition) is 1. The van der Waals surface area contributed by atoms with Gasteiger partial charge in [-0.05, 0) is 18.6 Å². The van der Waals surface area contributed by atoms with Gasteiger partial charge in [-0.3, -0.25) is 10.1 Å². The maximum atomic E-state index is 13.0. The van der Waals surface area contributed by atoms with Crippen LogP contribution in [0.15, 0.2) is 52.1 Å². The van der Waals surface area contributed by atoms with Crippen LogP contribution in [0.1, 0.15) is 21.9 Å². The molecule has 0 aliphatic heterocycles. The molecular weight excluding hydrogens is 500 g/mol. The monoisotopic (exact) mass is 524 g/mol. The number of benzene rings is 1. The second-order valence-electron chi connectivity index (χ2n) is 6.85. The molecular formula is C21H24N4O6S3. The lowest BCUT2D eigenvalue weighted by Crippen LogP contribution is -2.24. The van der Waals surface area contributed by atoms with Crippen LogP contribution in [0, 0.1) is 0 Å². The SMILES string of the molecule is COCCCS(=O)(=O)c1ccc(/C(=N\OCc2nccs2)C(=O)Nc2ncc(COC)s2)cc1. The number of sulfone groups is 1. The average molecular weight is 525 g/mol. The van der Waals surface area contributed by atoms with E-state index in [9.17, 15) is 13.2 Å². The molecule has 0 aliphatic rings. The van der Waals surface area contributed by atoms with Crippen LogP contribution in [0.4, 0.5) is 5.13 Å². The van der Waals surface area contributed by atoms with Gasteiger partial charge >= 0.3 is 0 Å². The number of methoxy groups -OCH3 is 2. The zero-order valence-corrected chi connectivity index (χ0v) is 21.0. The Morgan fingerprint density at radius 3 is 2.59 bits per heavy atom. The lowest BCUT2D eigenvalue weighted by atomic mass is 10.1. The van der Waals surface area contributed by atoms with Crippen molar-refractivity contribution in [1.29, 1.82) is 0 Å². The van der Waals surface area contributed by atoms with Gasteiger partial charge in [-0.1, -0.05) is 28.6 Å². The first-order chi connectivity index (χ1) is 16.4. The number of aromatic nitrogens is 2. The van der Waals surface area contributed by atoms with Crippen molar-refractivity contribution >= 4 is 49.3 Å². The molecule has 3 rings (SSSR count). The van der Waals surface area contributed by atoms with Crippen molar-refractivity contribution in [3.63, 3.8) is 0 Å². The van der Waals surface area contributed by atoms with Gasteiger partial charge in [-0.2, -0.15) is 0 Å². The van der Waals surface area contributed by atoms with Gasteiger partial charge in [-0.15, -0.1) is 11.3 Å². The summed E-state index contributed by atoms with van der Waals surface area (Å²) in [5.74, 6) is -0.583. The molecule has 182 valence electrons. The third-order valence-corrected chi connectivity index (χ3v) is 7.81. The van der Waals surface area contributed by atoms with Crippen LogP contribution in [0.5, 0.6) is 0 Å². The number of carbonyl (C=O) groups excluding carboxylic acids is 1. The van der Waals surface area contributed by atoms with Crippen molar-refractivity contribution < 1.29 is 27.5 Å². The molecule has 0 saturated carbocycles. The van der Waals surface area contributed by atoms with Crippen molar-refractivity contribution in [1.82, 2.24) is 9.97 Å². The van der Waals surface area contributed by atoms with Gasteiger partial charge in [-0.25, -0.2) is 18.4 Å². The van der Waals surface area contributed by atoms with E-state index in [0.717, 1.165) is 4.88 Å². The van der Waals surface area contributed by atoms with Gasteiger partial charge in [0.1, 0.15) is 5.01 Å². The molecule has 0 radical (unpaired) electrons. The minimum absolute atomic E-state index is 0.0246. The van der Waals surface area contributed by atoms with Crippen LogP contribution >= 0.6 is 22.7 Å². The second kappa shape index (κ2) is 12.7. The Morgan fingerprint density at radius 1 is 1.12 bits per heavy atom. The number of nitrogens with one attached hydrogen (secondary N) is 1. The highest BCUT2D eigenvalue weighted by Gasteiger charge is 2.20. The summed E-state index contributed by atoms with van der Waals surface area (Å²) in [5.41, 5.74) is 0.365. The number of anilines is 1. The molecule has 1 amide bonds. The molecule has 10 nitrogen and oxygen atoms in total. The molecule has 34 heavy (non-hydrogen) atoms. The highest BCUT2D eigenvalue weighted by Crippen LogP contribution is 2.20. The Kier molecular flexibility index (Phi) is 9.65. The van der Waals surface area contributed by atoms with Gasteiger partial charge in [0.25, 0.3) is 5.91 Å². The van der Waals surface area contributed by atoms with E-state index in [4.69, 9.17) is 14.3 Å². The van der Waals surface area contributed by atoms with Crippen LogP contribution < -0.4 is 5.32 Å². The molecule has 0 saturated heterocycles.